The molecular weight excluding hydrogens is 230 g/mol. The third-order valence-electron chi connectivity index (χ3n) is 2.30. The third-order valence-corrected chi connectivity index (χ3v) is 2.91. The number of halogens is 1. The van der Waals surface area contributed by atoms with Gasteiger partial charge in [0, 0.05) is 18.7 Å². The van der Waals surface area contributed by atoms with Gasteiger partial charge in [0.15, 0.2) is 0 Å². The molecule has 0 radical (unpaired) electrons. The molecule has 1 aromatic rings. The number of aromatic nitrogens is 2. The lowest BCUT2D eigenvalue weighted by Gasteiger charge is -1.97. The first-order chi connectivity index (χ1) is 6.31. The standard InChI is InChI=1S/C9H14BrN3/c10-8-6-13(5-1-4-11)12-9(8)7-2-3-7/h6-7H,1-5,11H2. The minimum atomic E-state index is 0.716. The van der Waals surface area contributed by atoms with Crippen LogP contribution >= 0.6 is 15.9 Å². The summed E-state index contributed by atoms with van der Waals surface area (Å²) in [6, 6.07) is 0. The van der Waals surface area contributed by atoms with E-state index in [0.717, 1.165) is 24.0 Å². The Bertz CT molecular complexity index is 291. The largest absolute Gasteiger partial charge is 0.330 e. The van der Waals surface area contributed by atoms with Crippen molar-refractivity contribution in [1.82, 2.24) is 9.78 Å². The Balaban J connectivity index is 2.05. The molecule has 0 aliphatic heterocycles. The number of hydrogen-bond donors (Lipinski definition) is 1. The predicted octanol–water partition coefficient (Wildman–Crippen LogP) is 1.87. The van der Waals surface area contributed by atoms with E-state index in [2.05, 4.69) is 27.2 Å². The maximum absolute atomic E-state index is 5.44. The van der Waals surface area contributed by atoms with Crippen molar-refractivity contribution in [2.24, 2.45) is 5.73 Å². The van der Waals surface area contributed by atoms with Crippen molar-refractivity contribution in [3.05, 3.63) is 16.4 Å². The first-order valence-corrected chi connectivity index (χ1v) is 5.53. The maximum Gasteiger partial charge on any atom is 0.0797 e. The van der Waals surface area contributed by atoms with Crippen LogP contribution < -0.4 is 5.73 Å². The number of aryl methyl sites for hydroxylation is 1. The van der Waals surface area contributed by atoms with Gasteiger partial charge in [-0.25, -0.2) is 0 Å². The highest BCUT2D eigenvalue weighted by Gasteiger charge is 2.28. The minimum Gasteiger partial charge on any atom is -0.330 e. The van der Waals surface area contributed by atoms with Gasteiger partial charge in [0.25, 0.3) is 0 Å². The van der Waals surface area contributed by atoms with E-state index in [1.54, 1.807) is 0 Å². The van der Waals surface area contributed by atoms with E-state index in [4.69, 9.17) is 5.73 Å². The monoisotopic (exact) mass is 243 g/mol. The summed E-state index contributed by atoms with van der Waals surface area (Å²) >= 11 is 3.54. The molecule has 0 unspecified atom stereocenters. The Labute approximate surface area is 86.4 Å². The molecule has 0 spiro atoms. The van der Waals surface area contributed by atoms with E-state index in [0.29, 0.717) is 5.92 Å². The van der Waals surface area contributed by atoms with Gasteiger partial charge in [-0.1, -0.05) is 0 Å². The molecule has 0 atom stereocenters. The van der Waals surface area contributed by atoms with Crippen LogP contribution in [0.4, 0.5) is 0 Å². The number of hydrogen-bond acceptors (Lipinski definition) is 2. The third kappa shape index (κ3) is 2.11. The van der Waals surface area contributed by atoms with Gasteiger partial charge in [-0.15, -0.1) is 0 Å². The Morgan fingerprint density at radius 1 is 1.62 bits per heavy atom. The average Bonchev–Trinajstić information content (AvgIpc) is 2.88. The summed E-state index contributed by atoms with van der Waals surface area (Å²) in [5, 5.41) is 4.52. The molecule has 2 N–H and O–H groups in total. The van der Waals surface area contributed by atoms with Gasteiger partial charge in [0.2, 0.25) is 0 Å². The summed E-state index contributed by atoms with van der Waals surface area (Å²) in [7, 11) is 0. The van der Waals surface area contributed by atoms with Crippen molar-refractivity contribution in [3.63, 3.8) is 0 Å². The van der Waals surface area contributed by atoms with E-state index in [1.165, 1.54) is 18.5 Å². The highest BCUT2D eigenvalue weighted by molar-refractivity contribution is 9.10. The topological polar surface area (TPSA) is 43.8 Å². The second-order valence-corrected chi connectivity index (χ2v) is 4.40. The van der Waals surface area contributed by atoms with Gasteiger partial charge < -0.3 is 5.73 Å². The highest BCUT2D eigenvalue weighted by Crippen LogP contribution is 2.42. The van der Waals surface area contributed by atoms with Gasteiger partial charge >= 0.3 is 0 Å². The van der Waals surface area contributed by atoms with Crippen LogP contribution in [0.15, 0.2) is 10.7 Å². The van der Waals surface area contributed by atoms with E-state index >= 15 is 0 Å². The lowest BCUT2D eigenvalue weighted by Crippen LogP contribution is -2.06. The molecule has 1 fully saturated rings. The van der Waals surface area contributed by atoms with E-state index < -0.39 is 0 Å². The molecule has 2 rings (SSSR count). The predicted molar refractivity (Wildman–Crippen MR) is 55.6 cm³/mol. The minimum absolute atomic E-state index is 0.716. The summed E-state index contributed by atoms with van der Waals surface area (Å²) < 4.78 is 3.15. The van der Waals surface area contributed by atoms with Crippen LogP contribution in [0.5, 0.6) is 0 Å². The quantitative estimate of drug-likeness (QED) is 0.878. The maximum atomic E-state index is 5.44. The zero-order valence-electron chi connectivity index (χ0n) is 7.54. The molecule has 1 aliphatic rings. The molecule has 1 saturated carbocycles. The fourth-order valence-corrected chi connectivity index (χ4v) is 2.05. The SMILES string of the molecule is NCCCn1cc(Br)c(C2CC2)n1. The second kappa shape index (κ2) is 3.80. The Morgan fingerprint density at radius 3 is 3.00 bits per heavy atom. The number of nitrogens with two attached hydrogens (primary N) is 1. The molecule has 13 heavy (non-hydrogen) atoms. The van der Waals surface area contributed by atoms with E-state index in [9.17, 15) is 0 Å². The van der Waals surface area contributed by atoms with Crippen molar-refractivity contribution in [2.75, 3.05) is 6.54 Å². The summed E-state index contributed by atoms with van der Waals surface area (Å²) in [5.74, 6) is 0.716. The van der Waals surface area contributed by atoms with Crippen molar-refractivity contribution in [3.8, 4) is 0 Å². The van der Waals surface area contributed by atoms with Gasteiger partial charge in [-0.2, -0.15) is 5.10 Å². The number of rotatable bonds is 4. The molecule has 0 saturated heterocycles. The molecule has 0 bridgehead atoms. The zero-order valence-corrected chi connectivity index (χ0v) is 9.13. The normalized spacial score (nSPS) is 16.5. The molecule has 4 heteroatoms. The fraction of sp³-hybridized carbons (Fsp3) is 0.667. The first-order valence-electron chi connectivity index (χ1n) is 4.74. The van der Waals surface area contributed by atoms with Crippen LogP contribution in [0, 0.1) is 0 Å². The summed E-state index contributed by atoms with van der Waals surface area (Å²) in [4.78, 5) is 0. The van der Waals surface area contributed by atoms with Crippen molar-refractivity contribution >= 4 is 15.9 Å². The highest BCUT2D eigenvalue weighted by atomic mass is 79.9. The van der Waals surface area contributed by atoms with Crippen LogP contribution in [0.2, 0.25) is 0 Å². The smallest absolute Gasteiger partial charge is 0.0797 e. The van der Waals surface area contributed by atoms with Gasteiger partial charge in [-0.05, 0) is 41.7 Å². The molecule has 1 heterocycles. The van der Waals surface area contributed by atoms with Crippen molar-refractivity contribution in [2.45, 2.75) is 31.7 Å². The van der Waals surface area contributed by atoms with Crippen LogP contribution in [0.25, 0.3) is 0 Å². The van der Waals surface area contributed by atoms with E-state index in [1.807, 2.05) is 4.68 Å². The van der Waals surface area contributed by atoms with Gasteiger partial charge in [0.05, 0.1) is 10.2 Å². The Hall–Kier alpha value is -0.350. The van der Waals surface area contributed by atoms with Crippen LogP contribution in [-0.2, 0) is 6.54 Å². The summed E-state index contributed by atoms with van der Waals surface area (Å²) in [5.41, 5.74) is 6.67. The Kier molecular flexibility index (Phi) is 2.69. The van der Waals surface area contributed by atoms with Crippen molar-refractivity contribution in [1.29, 1.82) is 0 Å². The lowest BCUT2D eigenvalue weighted by molar-refractivity contribution is 0.578. The lowest BCUT2D eigenvalue weighted by atomic mass is 10.3. The molecule has 3 nitrogen and oxygen atoms in total. The van der Waals surface area contributed by atoms with E-state index in [-0.39, 0.29) is 0 Å². The summed E-state index contributed by atoms with van der Waals surface area (Å²) in [6.07, 6.45) is 5.65. The fourth-order valence-electron chi connectivity index (χ4n) is 1.41. The molecule has 1 aromatic heterocycles. The molecule has 0 aromatic carbocycles. The van der Waals surface area contributed by atoms with Gasteiger partial charge in [0.1, 0.15) is 0 Å². The zero-order chi connectivity index (χ0) is 9.26. The first kappa shape index (κ1) is 9.21. The van der Waals surface area contributed by atoms with Crippen molar-refractivity contribution < 1.29 is 0 Å². The van der Waals surface area contributed by atoms with Crippen LogP contribution in [-0.4, -0.2) is 16.3 Å². The van der Waals surface area contributed by atoms with Crippen LogP contribution in [0.3, 0.4) is 0 Å². The molecule has 0 amide bonds. The Morgan fingerprint density at radius 2 is 2.38 bits per heavy atom. The summed E-state index contributed by atoms with van der Waals surface area (Å²) in [6.45, 7) is 1.66. The molecular formula is C9H14BrN3. The molecule has 72 valence electrons. The van der Waals surface area contributed by atoms with Crippen LogP contribution in [0.1, 0.15) is 30.9 Å². The van der Waals surface area contributed by atoms with Gasteiger partial charge in [-0.3, -0.25) is 4.68 Å². The molecule has 1 aliphatic carbocycles. The second-order valence-electron chi connectivity index (χ2n) is 3.54. The number of nitrogens with zero attached hydrogens (tertiary/aromatic N) is 2. The average molecular weight is 244 g/mol.